The maximum absolute atomic E-state index is 11.5. The van der Waals surface area contributed by atoms with Crippen LogP contribution in [0.25, 0.3) is 0 Å². The quantitative estimate of drug-likeness (QED) is 0.658. The molecule has 1 aliphatic rings. The largest absolute Gasteiger partial charge is 0.380 e. The molecule has 93 valence electrons. The molecule has 1 N–H and O–H groups in total. The van der Waals surface area contributed by atoms with E-state index in [4.69, 9.17) is 4.74 Å². The standard InChI is InChI=1S/C12H23N2O2/c1-2-16-9-8-14-12(15)6-5-11-4-3-7-13-10-11/h11H,2-10H2,1H3,(H,14,15). The second kappa shape index (κ2) is 8.53. The molecule has 1 radical (unpaired) electrons. The maximum Gasteiger partial charge on any atom is 0.220 e. The predicted molar refractivity (Wildman–Crippen MR) is 63.3 cm³/mol. The van der Waals surface area contributed by atoms with E-state index in [9.17, 15) is 4.79 Å². The van der Waals surface area contributed by atoms with Crippen LogP contribution in [0.4, 0.5) is 0 Å². The summed E-state index contributed by atoms with van der Waals surface area (Å²) in [5.74, 6) is 0.775. The smallest absolute Gasteiger partial charge is 0.220 e. The van der Waals surface area contributed by atoms with Crippen molar-refractivity contribution in [1.29, 1.82) is 0 Å². The molecule has 1 fully saturated rings. The molecule has 0 spiro atoms. The van der Waals surface area contributed by atoms with Crippen molar-refractivity contribution < 1.29 is 9.53 Å². The molecule has 4 heteroatoms. The van der Waals surface area contributed by atoms with Gasteiger partial charge in [0.15, 0.2) is 0 Å². The zero-order valence-electron chi connectivity index (χ0n) is 10.2. The van der Waals surface area contributed by atoms with Crippen molar-refractivity contribution in [1.82, 2.24) is 10.6 Å². The summed E-state index contributed by atoms with van der Waals surface area (Å²) in [6.45, 7) is 5.86. The molecular weight excluding hydrogens is 204 g/mol. The number of ether oxygens (including phenoxy) is 1. The summed E-state index contributed by atoms with van der Waals surface area (Å²) in [6.07, 6.45) is 4.03. The van der Waals surface area contributed by atoms with Gasteiger partial charge in [0.05, 0.1) is 6.61 Å². The highest BCUT2D eigenvalue weighted by Gasteiger charge is 2.14. The SMILES string of the molecule is CCOCCNC(=O)CCC1CCC[N]C1. The van der Waals surface area contributed by atoms with Crippen molar-refractivity contribution in [2.45, 2.75) is 32.6 Å². The lowest BCUT2D eigenvalue weighted by molar-refractivity contribution is -0.121. The molecule has 1 heterocycles. The Kier molecular flexibility index (Phi) is 7.17. The first-order valence-electron chi connectivity index (χ1n) is 6.30. The summed E-state index contributed by atoms with van der Waals surface area (Å²) in [7, 11) is 0. The van der Waals surface area contributed by atoms with Crippen LogP contribution in [-0.2, 0) is 9.53 Å². The third kappa shape index (κ3) is 6.08. The van der Waals surface area contributed by atoms with E-state index >= 15 is 0 Å². The van der Waals surface area contributed by atoms with Crippen LogP contribution in [0.1, 0.15) is 32.6 Å². The molecule has 1 aliphatic heterocycles. The van der Waals surface area contributed by atoms with E-state index < -0.39 is 0 Å². The average molecular weight is 227 g/mol. The third-order valence-electron chi connectivity index (χ3n) is 2.87. The van der Waals surface area contributed by atoms with Crippen molar-refractivity contribution in [2.75, 3.05) is 32.8 Å². The topological polar surface area (TPSA) is 52.4 Å². The van der Waals surface area contributed by atoms with E-state index in [0.29, 0.717) is 32.1 Å². The molecule has 1 unspecified atom stereocenters. The van der Waals surface area contributed by atoms with Gasteiger partial charge in [0.2, 0.25) is 5.91 Å². The highest BCUT2D eigenvalue weighted by atomic mass is 16.5. The lowest BCUT2D eigenvalue weighted by Crippen LogP contribution is -2.29. The van der Waals surface area contributed by atoms with Crippen molar-refractivity contribution in [3.8, 4) is 0 Å². The molecule has 0 aromatic heterocycles. The van der Waals surface area contributed by atoms with Gasteiger partial charge in [0, 0.05) is 32.7 Å². The number of nitrogens with one attached hydrogen (secondary N) is 1. The number of carbonyl (C=O) groups is 1. The van der Waals surface area contributed by atoms with Gasteiger partial charge < -0.3 is 10.1 Å². The van der Waals surface area contributed by atoms with Gasteiger partial charge in [-0.3, -0.25) is 4.79 Å². The number of hydrogen-bond donors (Lipinski definition) is 1. The normalized spacial score (nSPS) is 20.7. The van der Waals surface area contributed by atoms with Gasteiger partial charge in [-0.25, -0.2) is 5.32 Å². The highest BCUT2D eigenvalue weighted by molar-refractivity contribution is 5.75. The summed E-state index contributed by atoms with van der Waals surface area (Å²) in [5, 5.41) is 7.23. The van der Waals surface area contributed by atoms with Gasteiger partial charge >= 0.3 is 0 Å². The van der Waals surface area contributed by atoms with Gasteiger partial charge in [-0.2, -0.15) is 0 Å². The fourth-order valence-corrected chi connectivity index (χ4v) is 1.92. The fraction of sp³-hybridized carbons (Fsp3) is 0.917. The van der Waals surface area contributed by atoms with Crippen LogP contribution in [0.2, 0.25) is 0 Å². The minimum absolute atomic E-state index is 0.144. The van der Waals surface area contributed by atoms with E-state index in [2.05, 4.69) is 10.6 Å². The third-order valence-corrected chi connectivity index (χ3v) is 2.87. The van der Waals surface area contributed by atoms with Crippen LogP contribution >= 0.6 is 0 Å². The van der Waals surface area contributed by atoms with E-state index in [-0.39, 0.29) is 5.91 Å². The number of amides is 1. The van der Waals surface area contributed by atoms with Crippen LogP contribution in [0.15, 0.2) is 0 Å². The van der Waals surface area contributed by atoms with Crippen LogP contribution < -0.4 is 10.6 Å². The molecule has 0 aromatic carbocycles. The Morgan fingerprint density at radius 1 is 1.56 bits per heavy atom. The molecule has 16 heavy (non-hydrogen) atoms. The molecular formula is C12H23N2O2. The highest BCUT2D eigenvalue weighted by Crippen LogP contribution is 2.16. The zero-order valence-corrected chi connectivity index (χ0v) is 10.2. The van der Waals surface area contributed by atoms with Gasteiger partial charge in [-0.15, -0.1) is 0 Å². The monoisotopic (exact) mass is 227 g/mol. The van der Waals surface area contributed by atoms with E-state index in [0.717, 1.165) is 19.5 Å². The van der Waals surface area contributed by atoms with E-state index in [1.807, 2.05) is 6.92 Å². The number of nitrogens with zero attached hydrogens (tertiary/aromatic N) is 1. The Morgan fingerprint density at radius 3 is 3.12 bits per heavy atom. The predicted octanol–water partition coefficient (Wildman–Crippen LogP) is 0.934. The van der Waals surface area contributed by atoms with Crippen LogP contribution in [-0.4, -0.2) is 38.8 Å². The fourth-order valence-electron chi connectivity index (χ4n) is 1.92. The first-order valence-corrected chi connectivity index (χ1v) is 6.30. The summed E-state index contributed by atoms with van der Waals surface area (Å²) < 4.78 is 5.15. The second-order valence-corrected chi connectivity index (χ2v) is 4.22. The van der Waals surface area contributed by atoms with Gasteiger partial charge in [0.25, 0.3) is 0 Å². The summed E-state index contributed by atoms with van der Waals surface area (Å²) in [6, 6.07) is 0. The summed E-state index contributed by atoms with van der Waals surface area (Å²) in [4.78, 5) is 11.5. The second-order valence-electron chi connectivity index (χ2n) is 4.22. The molecule has 0 bridgehead atoms. The number of rotatable bonds is 7. The first-order chi connectivity index (χ1) is 7.83. The maximum atomic E-state index is 11.5. The Balaban J connectivity index is 1.96. The van der Waals surface area contributed by atoms with Crippen molar-refractivity contribution in [2.24, 2.45) is 5.92 Å². The van der Waals surface area contributed by atoms with Crippen molar-refractivity contribution >= 4 is 5.91 Å². The Bertz CT molecular complexity index is 191. The lowest BCUT2D eigenvalue weighted by Gasteiger charge is -2.20. The first kappa shape index (κ1) is 13.5. The van der Waals surface area contributed by atoms with E-state index in [1.165, 1.54) is 12.8 Å². The van der Waals surface area contributed by atoms with Gasteiger partial charge in [0.1, 0.15) is 0 Å². The molecule has 1 atom stereocenters. The minimum atomic E-state index is 0.144. The molecule has 1 amide bonds. The number of carbonyl (C=O) groups excluding carboxylic acids is 1. The minimum Gasteiger partial charge on any atom is -0.380 e. The zero-order chi connectivity index (χ0) is 11.6. The van der Waals surface area contributed by atoms with E-state index in [1.54, 1.807) is 0 Å². The Labute approximate surface area is 98.1 Å². The molecule has 1 rings (SSSR count). The number of hydrogen-bond acceptors (Lipinski definition) is 2. The van der Waals surface area contributed by atoms with Crippen LogP contribution in [0, 0.1) is 5.92 Å². The molecule has 0 saturated carbocycles. The number of piperidine rings is 1. The average Bonchev–Trinajstić information content (AvgIpc) is 2.33. The summed E-state index contributed by atoms with van der Waals surface area (Å²) >= 11 is 0. The van der Waals surface area contributed by atoms with Gasteiger partial charge in [-0.05, 0) is 32.1 Å². The van der Waals surface area contributed by atoms with Crippen LogP contribution in [0.3, 0.4) is 0 Å². The van der Waals surface area contributed by atoms with Crippen molar-refractivity contribution in [3.05, 3.63) is 0 Å². The molecule has 4 nitrogen and oxygen atoms in total. The molecule has 1 saturated heterocycles. The lowest BCUT2D eigenvalue weighted by atomic mass is 9.94. The van der Waals surface area contributed by atoms with Gasteiger partial charge in [-0.1, -0.05) is 0 Å². The van der Waals surface area contributed by atoms with Crippen LogP contribution in [0.5, 0.6) is 0 Å². The summed E-state index contributed by atoms with van der Waals surface area (Å²) in [5.41, 5.74) is 0. The Hall–Kier alpha value is -0.610. The molecule has 0 aromatic rings. The molecule has 0 aliphatic carbocycles. The Morgan fingerprint density at radius 2 is 2.44 bits per heavy atom. The van der Waals surface area contributed by atoms with Crippen molar-refractivity contribution in [3.63, 3.8) is 0 Å².